The van der Waals surface area contributed by atoms with Crippen LogP contribution in [0.5, 0.6) is 0 Å². The van der Waals surface area contributed by atoms with E-state index in [1.54, 1.807) is 11.5 Å². The number of aromatic nitrogens is 2. The number of halogens is 1. The normalized spacial score (nSPS) is 16.2. The fraction of sp³-hybridized carbons (Fsp3) is 0.312. The zero-order chi connectivity index (χ0) is 16.6. The van der Waals surface area contributed by atoms with Crippen LogP contribution >= 0.6 is 27.7 Å². The maximum atomic E-state index is 12.3. The number of aryl methyl sites for hydroxylation is 2. The van der Waals surface area contributed by atoms with Crippen LogP contribution in [-0.2, 0) is 4.79 Å². The van der Waals surface area contributed by atoms with Crippen molar-refractivity contribution in [3.8, 4) is 0 Å². The molecule has 1 unspecified atom stereocenters. The van der Waals surface area contributed by atoms with Crippen LogP contribution in [0.1, 0.15) is 23.7 Å². The van der Waals surface area contributed by atoms with E-state index >= 15 is 0 Å². The van der Waals surface area contributed by atoms with E-state index in [4.69, 9.17) is 0 Å². The average molecular weight is 394 g/mol. The monoisotopic (exact) mass is 393 g/mol. The number of rotatable bonds is 3. The van der Waals surface area contributed by atoms with Crippen molar-refractivity contribution in [3.05, 3.63) is 50.3 Å². The Morgan fingerprint density at radius 3 is 2.96 bits per heavy atom. The third-order valence-electron chi connectivity index (χ3n) is 3.68. The van der Waals surface area contributed by atoms with Crippen LogP contribution in [0.3, 0.4) is 0 Å². The largest absolute Gasteiger partial charge is 0.326 e. The van der Waals surface area contributed by atoms with Gasteiger partial charge in [-0.1, -0.05) is 27.7 Å². The zero-order valence-electron chi connectivity index (χ0n) is 12.8. The fourth-order valence-electron chi connectivity index (χ4n) is 2.56. The Kier molecular flexibility index (Phi) is 4.59. The van der Waals surface area contributed by atoms with E-state index in [9.17, 15) is 9.59 Å². The molecule has 0 spiro atoms. The lowest BCUT2D eigenvalue weighted by molar-refractivity contribution is -0.116. The third-order valence-corrected chi connectivity index (χ3v) is 5.67. The summed E-state index contributed by atoms with van der Waals surface area (Å²) in [7, 11) is 0. The van der Waals surface area contributed by atoms with E-state index in [1.807, 2.05) is 25.1 Å². The molecule has 0 saturated heterocycles. The molecule has 7 heteroatoms. The van der Waals surface area contributed by atoms with Crippen LogP contribution in [0, 0.1) is 13.8 Å². The Hall–Kier alpha value is -1.60. The van der Waals surface area contributed by atoms with Gasteiger partial charge in [0.2, 0.25) is 5.91 Å². The third kappa shape index (κ3) is 3.50. The Bertz CT molecular complexity index is 835. The molecule has 0 radical (unpaired) electrons. The van der Waals surface area contributed by atoms with Crippen LogP contribution in [0.25, 0.3) is 0 Å². The average Bonchev–Trinajstić information content (AvgIpc) is 2.85. The number of hydrogen-bond acceptors (Lipinski definition) is 4. The Morgan fingerprint density at radius 1 is 1.43 bits per heavy atom. The summed E-state index contributed by atoms with van der Waals surface area (Å²) in [4.78, 5) is 28.8. The first kappa shape index (κ1) is 16.3. The van der Waals surface area contributed by atoms with E-state index in [0.29, 0.717) is 16.6 Å². The minimum Gasteiger partial charge on any atom is -0.326 e. The molecule has 1 aliphatic heterocycles. The SMILES string of the molecule is Cc1cc(=O)n2c(n1)SCC2CC(=O)Nc1ccc(Br)c(C)c1. The van der Waals surface area contributed by atoms with E-state index in [2.05, 4.69) is 26.2 Å². The summed E-state index contributed by atoms with van der Waals surface area (Å²) >= 11 is 4.96. The molecule has 1 aliphatic rings. The number of anilines is 1. The molecular weight excluding hydrogens is 378 g/mol. The van der Waals surface area contributed by atoms with Gasteiger partial charge in [0.25, 0.3) is 5.56 Å². The van der Waals surface area contributed by atoms with E-state index in [0.717, 1.165) is 15.7 Å². The molecule has 2 aromatic rings. The number of nitrogens with zero attached hydrogens (tertiary/aromatic N) is 2. The molecule has 1 atom stereocenters. The van der Waals surface area contributed by atoms with E-state index in [1.165, 1.54) is 17.8 Å². The van der Waals surface area contributed by atoms with Crippen molar-refractivity contribution in [2.24, 2.45) is 0 Å². The first-order chi connectivity index (χ1) is 10.9. The second kappa shape index (κ2) is 6.49. The number of carbonyl (C=O) groups is 1. The summed E-state index contributed by atoms with van der Waals surface area (Å²) < 4.78 is 2.63. The predicted molar refractivity (Wildman–Crippen MR) is 95.1 cm³/mol. The molecule has 0 saturated carbocycles. The number of fused-ring (bicyclic) bond motifs is 1. The topological polar surface area (TPSA) is 64.0 Å². The van der Waals surface area contributed by atoms with Gasteiger partial charge in [-0.25, -0.2) is 4.98 Å². The standard InChI is InChI=1S/C16H16BrN3O2S/c1-9-5-11(3-4-13(9)17)19-14(21)7-12-8-23-16-18-10(2)6-15(22)20(12)16/h3-6,12H,7-8H2,1-2H3,(H,19,21). The Balaban J connectivity index is 1.73. The van der Waals surface area contributed by atoms with Crippen molar-refractivity contribution in [1.82, 2.24) is 9.55 Å². The number of carbonyl (C=O) groups excluding carboxylic acids is 1. The molecule has 1 aromatic carbocycles. The first-order valence-corrected chi connectivity index (χ1v) is 9.01. The number of nitrogens with one attached hydrogen (secondary N) is 1. The molecule has 0 bridgehead atoms. The molecule has 1 N–H and O–H groups in total. The fourth-order valence-corrected chi connectivity index (χ4v) is 4.00. The van der Waals surface area contributed by atoms with Gasteiger partial charge in [0.1, 0.15) is 0 Å². The van der Waals surface area contributed by atoms with Gasteiger partial charge < -0.3 is 5.32 Å². The summed E-state index contributed by atoms with van der Waals surface area (Å²) in [6, 6.07) is 7.04. The lowest BCUT2D eigenvalue weighted by atomic mass is 10.2. The summed E-state index contributed by atoms with van der Waals surface area (Å²) in [6.07, 6.45) is 0.264. The predicted octanol–water partition coefficient (Wildman–Crippen LogP) is 3.30. The molecule has 0 fully saturated rings. The molecule has 23 heavy (non-hydrogen) atoms. The minimum absolute atomic E-state index is 0.0882. The van der Waals surface area contributed by atoms with Crippen LogP contribution in [0.4, 0.5) is 5.69 Å². The van der Waals surface area contributed by atoms with Gasteiger partial charge >= 0.3 is 0 Å². The lowest BCUT2D eigenvalue weighted by Crippen LogP contribution is -2.27. The second-order valence-corrected chi connectivity index (χ2v) is 7.41. The summed E-state index contributed by atoms with van der Waals surface area (Å²) in [5.74, 6) is 0.594. The van der Waals surface area contributed by atoms with Crippen LogP contribution in [0.15, 0.2) is 38.7 Å². The number of thioether (sulfide) groups is 1. The summed E-state index contributed by atoms with van der Waals surface area (Å²) in [5.41, 5.74) is 2.44. The highest BCUT2D eigenvalue weighted by atomic mass is 79.9. The van der Waals surface area contributed by atoms with Gasteiger partial charge in [-0.15, -0.1) is 0 Å². The molecule has 5 nitrogen and oxygen atoms in total. The maximum Gasteiger partial charge on any atom is 0.254 e. The first-order valence-electron chi connectivity index (χ1n) is 7.23. The smallest absolute Gasteiger partial charge is 0.254 e. The highest BCUT2D eigenvalue weighted by molar-refractivity contribution is 9.10. The van der Waals surface area contributed by atoms with E-state index < -0.39 is 0 Å². The van der Waals surface area contributed by atoms with Crippen LogP contribution < -0.4 is 10.9 Å². The van der Waals surface area contributed by atoms with Gasteiger partial charge in [0.05, 0.1) is 6.04 Å². The lowest BCUT2D eigenvalue weighted by Gasteiger charge is -2.13. The van der Waals surface area contributed by atoms with Crippen molar-refractivity contribution in [3.63, 3.8) is 0 Å². The highest BCUT2D eigenvalue weighted by Gasteiger charge is 2.27. The zero-order valence-corrected chi connectivity index (χ0v) is 15.2. The number of hydrogen-bond donors (Lipinski definition) is 1. The number of amides is 1. The van der Waals surface area contributed by atoms with Crippen molar-refractivity contribution in [2.75, 3.05) is 11.1 Å². The molecule has 2 heterocycles. The van der Waals surface area contributed by atoms with Gasteiger partial charge in [0.15, 0.2) is 5.16 Å². The highest BCUT2D eigenvalue weighted by Crippen LogP contribution is 2.32. The molecule has 0 aliphatic carbocycles. The molecule has 3 rings (SSSR count). The van der Waals surface area contributed by atoms with E-state index in [-0.39, 0.29) is 23.9 Å². The van der Waals surface area contributed by atoms with Gasteiger partial charge in [-0.3, -0.25) is 14.2 Å². The second-order valence-electron chi connectivity index (χ2n) is 5.57. The summed E-state index contributed by atoms with van der Waals surface area (Å²) in [5, 5.41) is 3.59. The van der Waals surface area contributed by atoms with Gasteiger partial charge in [-0.2, -0.15) is 0 Å². The molecule has 120 valence electrons. The molecule has 1 amide bonds. The van der Waals surface area contributed by atoms with Crippen molar-refractivity contribution < 1.29 is 4.79 Å². The van der Waals surface area contributed by atoms with Crippen molar-refractivity contribution in [1.29, 1.82) is 0 Å². The Morgan fingerprint density at radius 2 is 2.22 bits per heavy atom. The van der Waals surface area contributed by atoms with Gasteiger partial charge in [0, 0.05) is 34.1 Å². The molecular formula is C16H16BrN3O2S. The van der Waals surface area contributed by atoms with Crippen LogP contribution in [-0.4, -0.2) is 21.2 Å². The Labute approximate surface area is 146 Å². The van der Waals surface area contributed by atoms with Crippen molar-refractivity contribution in [2.45, 2.75) is 31.5 Å². The van der Waals surface area contributed by atoms with Crippen molar-refractivity contribution >= 4 is 39.3 Å². The minimum atomic E-state index is -0.146. The quantitative estimate of drug-likeness (QED) is 0.812. The maximum absolute atomic E-state index is 12.3. The summed E-state index contributed by atoms with van der Waals surface area (Å²) in [6.45, 7) is 3.77. The van der Waals surface area contributed by atoms with Gasteiger partial charge in [-0.05, 0) is 37.6 Å². The molecule has 1 aromatic heterocycles. The number of benzene rings is 1. The van der Waals surface area contributed by atoms with Crippen LogP contribution in [0.2, 0.25) is 0 Å².